The van der Waals surface area contributed by atoms with E-state index in [4.69, 9.17) is 46.4 Å². The molecule has 1 aromatic carbocycles. The normalized spacial score (nSPS) is 10.9. The third-order valence-corrected chi connectivity index (χ3v) is 4.72. The van der Waals surface area contributed by atoms with E-state index in [1.54, 1.807) is 12.3 Å². The fourth-order valence-corrected chi connectivity index (χ4v) is 2.83. The number of amides is 1. The highest BCUT2D eigenvalue weighted by Gasteiger charge is 2.20. The van der Waals surface area contributed by atoms with E-state index in [0.29, 0.717) is 5.69 Å². The van der Waals surface area contributed by atoms with E-state index in [1.165, 1.54) is 0 Å². The molecule has 3 rings (SSSR count). The molecular weight excluding hydrogens is 368 g/mol. The van der Waals surface area contributed by atoms with Gasteiger partial charge in [0.25, 0.3) is 5.91 Å². The molecule has 0 radical (unpaired) electrons. The second-order valence-electron chi connectivity index (χ2n) is 4.39. The van der Waals surface area contributed by atoms with Gasteiger partial charge in [-0.15, -0.1) is 0 Å². The summed E-state index contributed by atoms with van der Waals surface area (Å²) in [5.41, 5.74) is 1.42. The highest BCUT2D eigenvalue weighted by Crippen LogP contribution is 2.36. The number of benzene rings is 1. The maximum atomic E-state index is 12.4. The zero-order valence-electron chi connectivity index (χ0n) is 10.8. The number of fused-ring (bicyclic) bond motifs is 1. The highest BCUT2D eigenvalue weighted by atomic mass is 35.5. The van der Waals surface area contributed by atoms with Crippen molar-refractivity contribution >= 4 is 68.9 Å². The van der Waals surface area contributed by atoms with Crippen molar-refractivity contribution in [3.8, 4) is 0 Å². The van der Waals surface area contributed by atoms with Gasteiger partial charge in [-0.3, -0.25) is 4.79 Å². The molecule has 0 spiro atoms. The van der Waals surface area contributed by atoms with Gasteiger partial charge in [-0.1, -0.05) is 52.5 Å². The van der Waals surface area contributed by atoms with Gasteiger partial charge in [-0.2, -0.15) is 0 Å². The van der Waals surface area contributed by atoms with Gasteiger partial charge in [0.1, 0.15) is 10.8 Å². The number of nitrogens with one attached hydrogen (secondary N) is 2. The lowest BCUT2D eigenvalue weighted by Gasteiger charge is -2.09. The van der Waals surface area contributed by atoms with E-state index >= 15 is 0 Å². The Balaban J connectivity index is 2.01. The second-order valence-corrected chi connectivity index (χ2v) is 5.88. The number of H-pyrrole nitrogens is 1. The van der Waals surface area contributed by atoms with Crippen LogP contribution in [0.2, 0.25) is 20.2 Å². The molecule has 0 aliphatic carbocycles. The molecule has 0 aliphatic rings. The van der Waals surface area contributed by atoms with Crippen LogP contribution < -0.4 is 5.32 Å². The lowest BCUT2D eigenvalue weighted by molar-refractivity contribution is 0.102. The fourth-order valence-electron chi connectivity index (χ4n) is 2.01. The molecule has 0 atom stereocenters. The zero-order valence-corrected chi connectivity index (χ0v) is 13.8. The average molecular weight is 375 g/mol. The number of hydrogen-bond donors (Lipinski definition) is 2. The Morgan fingerprint density at radius 3 is 2.59 bits per heavy atom. The van der Waals surface area contributed by atoms with Crippen molar-refractivity contribution in [2.24, 2.45) is 0 Å². The van der Waals surface area contributed by atoms with Crippen molar-refractivity contribution in [1.82, 2.24) is 9.97 Å². The number of rotatable bonds is 2. The Hall–Kier alpha value is -1.46. The number of nitrogens with zero attached hydrogens (tertiary/aromatic N) is 1. The van der Waals surface area contributed by atoms with E-state index in [1.807, 2.05) is 18.2 Å². The molecule has 0 bridgehead atoms. The molecule has 0 unspecified atom stereocenters. The summed E-state index contributed by atoms with van der Waals surface area (Å²) in [6, 6.07) is 7.32. The fraction of sp³-hybridized carbons (Fsp3) is 0. The van der Waals surface area contributed by atoms with Crippen molar-refractivity contribution < 1.29 is 4.79 Å². The first-order valence-corrected chi connectivity index (χ1v) is 7.57. The van der Waals surface area contributed by atoms with Gasteiger partial charge < -0.3 is 10.3 Å². The Morgan fingerprint density at radius 2 is 1.82 bits per heavy atom. The van der Waals surface area contributed by atoms with Crippen molar-refractivity contribution in [3.05, 3.63) is 56.4 Å². The topological polar surface area (TPSA) is 57.8 Å². The van der Waals surface area contributed by atoms with Crippen LogP contribution >= 0.6 is 46.4 Å². The van der Waals surface area contributed by atoms with Crippen LogP contribution in [0, 0.1) is 0 Å². The van der Waals surface area contributed by atoms with Crippen LogP contribution in [0.1, 0.15) is 10.5 Å². The first-order valence-electron chi connectivity index (χ1n) is 6.06. The first-order chi connectivity index (χ1) is 10.5. The molecule has 0 saturated carbocycles. The van der Waals surface area contributed by atoms with Crippen LogP contribution in [0.15, 0.2) is 30.5 Å². The van der Waals surface area contributed by atoms with Gasteiger partial charge in [0.05, 0.1) is 20.8 Å². The number of hydrogen-bond acceptors (Lipinski definition) is 2. The Morgan fingerprint density at radius 1 is 1.05 bits per heavy atom. The summed E-state index contributed by atoms with van der Waals surface area (Å²) in [5.74, 6) is -0.529. The smallest absolute Gasteiger partial charge is 0.275 e. The molecule has 2 heterocycles. The molecule has 1 amide bonds. The molecule has 112 valence electrons. The van der Waals surface area contributed by atoms with Crippen LogP contribution in [0.3, 0.4) is 0 Å². The summed E-state index contributed by atoms with van der Waals surface area (Å²) in [7, 11) is 0. The maximum absolute atomic E-state index is 12.4. The van der Waals surface area contributed by atoms with Crippen molar-refractivity contribution in [2.75, 3.05) is 5.32 Å². The van der Waals surface area contributed by atoms with E-state index in [-0.39, 0.29) is 25.9 Å². The number of halogens is 4. The molecule has 3 aromatic rings. The Kier molecular flexibility index (Phi) is 4.19. The summed E-state index contributed by atoms with van der Waals surface area (Å²) in [5, 5.41) is 3.47. The van der Waals surface area contributed by atoms with E-state index in [0.717, 1.165) is 10.9 Å². The van der Waals surface area contributed by atoms with Crippen LogP contribution in [0.25, 0.3) is 10.9 Å². The van der Waals surface area contributed by atoms with Crippen molar-refractivity contribution in [2.45, 2.75) is 0 Å². The summed E-state index contributed by atoms with van der Waals surface area (Å²) < 4.78 is 0. The minimum Gasteiger partial charge on any atom is -0.361 e. The molecule has 2 N–H and O–H groups in total. The minimum absolute atomic E-state index is 0.00617. The van der Waals surface area contributed by atoms with E-state index < -0.39 is 5.91 Å². The van der Waals surface area contributed by atoms with Crippen LogP contribution in [-0.4, -0.2) is 15.9 Å². The number of carbonyl (C=O) groups excluding carboxylic acids is 1. The van der Waals surface area contributed by atoms with E-state index in [9.17, 15) is 4.79 Å². The first kappa shape index (κ1) is 15.4. The van der Waals surface area contributed by atoms with Gasteiger partial charge in [0, 0.05) is 17.1 Å². The number of pyridine rings is 1. The molecule has 0 saturated heterocycles. The molecule has 0 aliphatic heterocycles. The molecule has 2 aromatic heterocycles. The predicted molar refractivity (Wildman–Crippen MR) is 90.5 cm³/mol. The molecule has 8 heteroatoms. The third-order valence-electron chi connectivity index (χ3n) is 3.04. The van der Waals surface area contributed by atoms with Gasteiger partial charge in [0.2, 0.25) is 0 Å². The molecular formula is C14H7Cl4N3O. The summed E-state index contributed by atoms with van der Waals surface area (Å²) >= 11 is 23.6. The molecule has 0 fully saturated rings. The average Bonchev–Trinajstić information content (AvgIpc) is 2.98. The summed E-state index contributed by atoms with van der Waals surface area (Å²) in [6.45, 7) is 0. The van der Waals surface area contributed by atoms with Crippen molar-refractivity contribution in [3.63, 3.8) is 0 Å². The lowest BCUT2D eigenvalue weighted by Crippen LogP contribution is -2.15. The SMILES string of the molecule is O=C(Nc1cccc2[nH]ccc12)c1nc(Cl)c(Cl)c(Cl)c1Cl. The van der Waals surface area contributed by atoms with Gasteiger partial charge >= 0.3 is 0 Å². The number of aromatic amines is 1. The second kappa shape index (κ2) is 5.97. The van der Waals surface area contributed by atoms with E-state index in [2.05, 4.69) is 15.3 Å². The van der Waals surface area contributed by atoms with Crippen molar-refractivity contribution in [1.29, 1.82) is 0 Å². The van der Waals surface area contributed by atoms with Gasteiger partial charge in [-0.05, 0) is 18.2 Å². The van der Waals surface area contributed by atoms with Crippen LogP contribution in [-0.2, 0) is 0 Å². The third kappa shape index (κ3) is 2.63. The van der Waals surface area contributed by atoms with Gasteiger partial charge in [-0.25, -0.2) is 4.98 Å². The molecule has 22 heavy (non-hydrogen) atoms. The van der Waals surface area contributed by atoms with Gasteiger partial charge in [0.15, 0.2) is 0 Å². The largest absolute Gasteiger partial charge is 0.361 e. The standard InChI is InChI=1S/C14H7Cl4N3O/c15-9-10(16)12(21-13(18)11(9)17)14(22)20-8-3-1-2-7-6(8)4-5-19-7/h1-5,19H,(H,20,22). The Bertz CT molecular complexity index is 891. The maximum Gasteiger partial charge on any atom is 0.275 e. The predicted octanol–water partition coefficient (Wildman–Crippen LogP) is 5.43. The highest BCUT2D eigenvalue weighted by molar-refractivity contribution is 6.52. The van der Waals surface area contributed by atoms with Crippen LogP contribution in [0.4, 0.5) is 5.69 Å². The minimum atomic E-state index is -0.529. The zero-order chi connectivity index (χ0) is 15.9. The Labute approximate surface area is 145 Å². The van der Waals surface area contributed by atoms with Crippen LogP contribution in [0.5, 0.6) is 0 Å². The number of carbonyl (C=O) groups is 1. The quantitative estimate of drug-likeness (QED) is 0.587. The number of anilines is 1. The lowest BCUT2D eigenvalue weighted by atomic mass is 10.2. The molecule has 4 nitrogen and oxygen atoms in total. The summed E-state index contributed by atoms with van der Waals surface area (Å²) in [6.07, 6.45) is 1.78. The monoisotopic (exact) mass is 373 g/mol. The number of aromatic nitrogens is 2. The summed E-state index contributed by atoms with van der Waals surface area (Å²) in [4.78, 5) is 19.3.